The molecule has 1 rings (SSSR count). The third-order valence-corrected chi connectivity index (χ3v) is 5.97. The standard InChI is InChI=1S/C21H30N2O2S/c1-6-8-12-16(3)15-17(4)23-18(5)21(20(22)7-2)26(24,25)19-13-10-9-11-14-19/h9-11,13-15,22H,6-8,12H2,1-5H3/b16-15-,21-18-,22-20?,23-17-. The van der Waals surface area contributed by atoms with E-state index in [9.17, 15) is 8.42 Å². The summed E-state index contributed by atoms with van der Waals surface area (Å²) in [7, 11) is -3.77. The second-order valence-corrected chi connectivity index (χ2v) is 8.30. The summed E-state index contributed by atoms with van der Waals surface area (Å²) in [5.74, 6) is 0. The van der Waals surface area contributed by atoms with Gasteiger partial charge in [-0.3, -0.25) is 4.99 Å². The van der Waals surface area contributed by atoms with Crippen molar-refractivity contribution in [2.75, 3.05) is 0 Å². The fourth-order valence-electron chi connectivity index (χ4n) is 2.69. The number of sulfone groups is 1. The zero-order chi connectivity index (χ0) is 19.7. The first kappa shape index (κ1) is 22.0. The van der Waals surface area contributed by atoms with Crippen molar-refractivity contribution in [3.63, 3.8) is 0 Å². The molecule has 5 heteroatoms. The van der Waals surface area contributed by atoms with Gasteiger partial charge in [0.25, 0.3) is 0 Å². The van der Waals surface area contributed by atoms with Crippen LogP contribution in [0.4, 0.5) is 0 Å². The fourth-order valence-corrected chi connectivity index (χ4v) is 4.34. The molecule has 0 heterocycles. The van der Waals surface area contributed by atoms with E-state index in [2.05, 4.69) is 18.8 Å². The van der Waals surface area contributed by atoms with E-state index in [4.69, 9.17) is 5.41 Å². The molecule has 0 amide bonds. The van der Waals surface area contributed by atoms with Crippen LogP contribution in [-0.4, -0.2) is 19.8 Å². The summed E-state index contributed by atoms with van der Waals surface area (Å²) in [5.41, 5.74) is 2.41. The molecule has 1 N–H and O–H groups in total. The Morgan fingerprint density at radius 3 is 2.27 bits per heavy atom. The van der Waals surface area contributed by atoms with Crippen LogP contribution in [0.15, 0.2) is 62.5 Å². The number of nitrogens with zero attached hydrogens (tertiary/aromatic N) is 1. The highest BCUT2D eigenvalue weighted by Gasteiger charge is 2.26. The molecule has 0 spiro atoms. The quantitative estimate of drug-likeness (QED) is 0.562. The minimum Gasteiger partial charge on any atom is -0.304 e. The molecule has 0 unspecified atom stereocenters. The van der Waals surface area contributed by atoms with E-state index in [0.717, 1.165) is 25.0 Å². The number of aliphatic imine (C=N–C) groups is 1. The average molecular weight is 375 g/mol. The van der Waals surface area contributed by atoms with Crippen LogP contribution < -0.4 is 0 Å². The average Bonchev–Trinajstić information content (AvgIpc) is 2.60. The molecule has 0 aliphatic heterocycles. The normalized spacial score (nSPS) is 14.2. The summed E-state index contributed by atoms with van der Waals surface area (Å²) >= 11 is 0. The van der Waals surface area contributed by atoms with Crippen molar-refractivity contribution in [3.05, 3.63) is 52.6 Å². The largest absolute Gasteiger partial charge is 0.304 e. The van der Waals surface area contributed by atoms with Gasteiger partial charge in [0.05, 0.1) is 16.3 Å². The van der Waals surface area contributed by atoms with Crippen LogP contribution in [0.3, 0.4) is 0 Å². The summed E-state index contributed by atoms with van der Waals surface area (Å²) in [5, 5.41) is 8.19. The summed E-state index contributed by atoms with van der Waals surface area (Å²) in [6.45, 7) is 9.52. The molecule has 4 nitrogen and oxygen atoms in total. The minimum atomic E-state index is -3.77. The molecular formula is C21H30N2O2S. The predicted octanol–water partition coefficient (Wildman–Crippen LogP) is 5.72. The van der Waals surface area contributed by atoms with Crippen LogP contribution in [0, 0.1) is 5.41 Å². The van der Waals surface area contributed by atoms with E-state index in [-0.39, 0.29) is 15.5 Å². The molecule has 142 valence electrons. The van der Waals surface area contributed by atoms with E-state index in [1.807, 2.05) is 13.0 Å². The number of benzene rings is 1. The Kier molecular flexibility index (Phi) is 8.66. The maximum absolute atomic E-state index is 13.0. The predicted molar refractivity (Wildman–Crippen MR) is 111 cm³/mol. The van der Waals surface area contributed by atoms with Crippen molar-refractivity contribution >= 4 is 21.3 Å². The molecule has 26 heavy (non-hydrogen) atoms. The molecule has 0 radical (unpaired) electrons. The van der Waals surface area contributed by atoms with E-state index >= 15 is 0 Å². The molecule has 1 aromatic rings. The number of hydrogen-bond acceptors (Lipinski definition) is 4. The first-order chi connectivity index (χ1) is 12.2. The lowest BCUT2D eigenvalue weighted by Crippen LogP contribution is -2.15. The van der Waals surface area contributed by atoms with Crippen molar-refractivity contribution in [1.82, 2.24) is 0 Å². The lowest BCUT2D eigenvalue weighted by molar-refractivity contribution is 0.603. The Morgan fingerprint density at radius 1 is 1.12 bits per heavy atom. The monoisotopic (exact) mass is 374 g/mol. The number of hydrogen-bond donors (Lipinski definition) is 1. The van der Waals surface area contributed by atoms with Gasteiger partial charge in [0.1, 0.15) is 4.91 Å². The smallest absolute Gasteiger partial charge is 0.210 e. The molecule has 0 saturated heterocycles. The minimum absolute atomic E-state index is 0.00478. The van der Waals surface area contributed by atoms with Gasteiger partial charge in [0, 0.05) is 5.71 Å². The van der Waals surface area contributed by atoms with Gasteiger partial charge in [-0.15, -0.1) is 0 Å². The van der Waals surface area contributed by atoms with Gasteiger partial charge >= 0.3 is 0 Å². The third-order valence-electron chi connectivity index (χ3n) is 4.00. The molecule has 0 aliphatic carbocycles. The van der Waals surface area contributed by atoms with Gasteiger partial charge in [0.2, 0.25) is 9.84 Å². The number of rotatable bonds is 9. The molecular weight excluding hydrogens is 344 g/mol. The molecule has 0 aliphatic rings. The maximum atomic E-state index is 13.0. The summed E-state index contributed by atoms with van der Waals surface area (Å²) < 4.78 is 26.1. The molecule has 0 fully saturated rings. The molecule has 1 aromatic carbocycles. The third kappa shape index (κ3) is 6.06. The van der Waals surface area contributed by atoms with Crippen LogP contribution in [-0.2, 0) is 9.84 Å². The van der Waals surface area contributed by atoms with Crippen LogP contribution in [0.1, 0.15) is 60.3 Å². The Labute approximate surface area is 158 Å². The van der Waals surface area contributed by atoms with Gasteiger partial charge in [-0.1, -0.05) is 44.0 Å². The highest BCUT2D eigenvalue weighted by Crippen LogP contribution is 2.25. The molecule has 0 atom stereocenters. The number of allylic oxidation sites excluding steroid dienone is 4. The molecule has 0 aromatic heterocycles. The van der Waals surface area contributed by atoms with Crippen molar-refractivity contribution in [2.24, 2.45) is 4.99 Å². The first-order valence-corrected chi connectivity index (χ1v) is 10.5. The number of nitrogens with one attached hydrogen (secondary N) is 1. The van der Waals surface area contributed by atoms with Crippen LogP contribution in [0.25, 0.3) is 0 Å². The van der Waals surface area contributed by atoms with E-state index in [0.29, 0.717) is 12.1 Å². The number of unbranched alkanes of at least 4 members (excludes halogenated alkanes) is 1. The van der Waals surface area contributed by atoms with Crippen LogP contribution in [0.2, 0.25) is 0 Å². The fraction of sp³-hybridized carbons (Fsp3) is 0.429. The first-order valence-electron chi connectivity index (χ1n) is 9.05. The topological polar surface area (TPSA) is 70.3 Å². The summed E-state index contributed by atoms with van der Waals surface area (Å²) in [6.07, 6.45) is 5.58. The SMILES string of the molecule is CCCC\C(C)=C/C(C)=N\C(C)=C(\C(=N)CC)S(=O)(=O)c1ccccc1. The molecule has 0 bridgehead atoms. The Balaban J connectivity index is 3.39. The summed E-state index contributed by atoms with van der Waals surface area (Å²) in [4.78, 5) is 4.68. The van der Waals surface area contributed by atoms with Crippen LogP contribution >= 0.6 is 0 Å². The van der Waals surface area contributed by atoms with E-state index in [1.165, 1.54) is 5.57 Å². The zero-order valence-corrected chi connectivity index (χ0v) is 17.3. The maximum Gasteiger partial charge on any atom is 0.210 e. The second-order valence-electron chi connectivity index (χ2n) is 6.41. The summed E-state index contributed by atoms with van der Waals surface area (Å²) in [6, 6.07) is 8.24. The molecule has 0 saturated carbocycles. The van der Waals surface area contributed by atoms with Crippen molar-refractivity contribution in [2.45, 2.75) is 65.2 Å². The van der Waals surface area contributed by atoms with E-state index < -0.39 is 9.84 Å². The van der Waals surface area contributed by atoms with Crippen molar-refractivity contribution < 1.29 is 8.42 Å². The van der Waals surface area contributed by atoms with Gasteiger partial charge < -0.3 is 5.41 Å². The van der Waals surface area contributed by atoms with Crippen molar-refractivity contribution in [1.29, 1.82) is 5.41 Å². The highest BCUT2D eigenvalue weighted by atomic mass is 32.2. The van der Waals surface area contributed by atoms with Gasteiger partial charge in [0.15, 0.2) is 0 Å². The Hall–Kier alpha value is -2.01. The Morgan fingerprint density at radius 2 is 1.73 bits per heavy atom. The highest BCUT2D eigenvalue weighted by molar-refractivity contribution is 7.96. The Bertz CT molecular complexity index is 817. The van der Waals surface area contributed by atoms with Crippen molar-refractivity contribution in [3.8, 4) is 0 Å². The van der Waals surface area contributed by atoms with Gasteiger partial charge in [-0.05, 0) is 58.2 Å². The second kappa shape index (κ2) is 10.2. The van der Waals surface area contributed by atoms with Gasteiger partial charge in [-0.2, -0.15) is 0 Å². The van der Waals surface area contributed by atoms with Gasteiger partial charge in [-0.25, -0.2) is 8.42 Å². The lowest BCUT2D eigenvalue weighted by Gasteiger charge is -2.12. The van der Waals surface area contributed by atoms with E-state index in [1.54, 1.807) is 44.2 Å². The lowest BCUT2D eigenvalue weighted by atomic mass is 10.1. The zero-order valence-electron chi connectivity index (χ0n) is 16.5. The van der Waals surface area contributed by atoms with Crippen LogP contribution in [0.5, 0.6) is 0 Å².